The van der Waals surface area contributed by atoms with Crippen molar-refractivity contribution >= 4 is 0 Å². The molecule has 1 atom stereocenters. The van der Waals surface area contributed by atoms with E-state index in [0.29, 0.717) is 6.61 Å². The van der Waals surface area contributed by atoms with Crippen molar-refractivity contribution in [3.63, 3.8) is 0 Å². The minimum Gasteiger partial charge on any atom is -1.00 e. The van der Waals surface area contributed by atoms with E-state index < -0.39 is 0 Å². The van der Waals surface area contributed by atoms with E-state index in [2.05, 4.69) is 21.1 Å². The molecule has 0 aromatic carbocycles. The zero-order valence-corrected chi connectivity index (χ0v) is 15.3. The highest BCUT2D eigenvalue weighted by molar-refractivity contribution is 5.03. The standard InChI is InChI=1S/C16H30NO2.HI/c1-17(2,3)10-15(18)11-19-16-7-12-4-13(8-16)6-14(5-12)9-16;/h12-15,18H,4-11H2,1-3H3;1H/q+1;/p-1. The van der Waals surface area contributed by atoms with Gasteiger partial charge in [0.25, 0.3) is 0 Å². The first-order chi connectivity index (χ1) is 8.84. The minimum atomic E-state index is -0.326. The second-order valence-corrected chi connectivity index (χ2v) is 8.54. The van der Waals surface area contributed by atoms with Crippen molar-refractivity contribution in [3.8, 4) is 0 Å². The van der Waals surface area contributed by atoms with Crippen LogP contribution in [0.1, 0.15) is 38.5 Å². The molecule has 1 N–H and O–H groups in total. The highest BCUT2D eigenvalue weighted by Crippen LogP contribution is 2.57. The molecule has 4 aliphatic carbocycles. The van der Waals surface area contributed by atoms with E-state index in [4.69, 9.17) is 4.74 Å². The van der Waals surface area contributed by atoms with Crippen LogP contribution in [0.4, 0.5) is 0 Å². The third-order valence-corrected chi connectivity index (χ3v) is 5.32. The molecule has 1 unspecified atom stereocenters. The van der Waals surface area contributed by atoms with E-state index in [-0.39, 0.29) is 35.7 Å². The van der Waals surface area contributed by atoms with E-state index in [1.165, 1.54) is 38.5 Å². The van der Waals surface area contributed by atoms with E-state index in [1.54, 1.807) is 0 Å². The molecule has 0 amide bonds. The molecular weight excluding hydrogens is 365 g/mol. The zero-order chi connectivity index (χ0) is 13.7. The predicted octanol–water partition coefficient (Wildman–Crippen LogP) is -0.957. The van der Waals surface area contributed by atoms with Gasteiger partial charge < -0.3 is 38.3 Å². The van der Waals surface area contributed by atoms with Gasteiger partial charge in [-0.1, -0.05) is 0 Å². The summed E-state index contributed by atoms with van der Waals surface area (Å²) in [4.78, 5) is 0. The van der Waals surface area contributed by atoms with Crippen LogP contribution in [0.2, 0.25) is 0 Å². The lowest BCUT2D eigenvalue weighted by Crippen LogP contribution is -3.00. The van der Waals surface area contributed by atoms with Crippen molar-refractivity contribution < 1.29 is 38.3 Å². The van der Waals surface area contributed by atoms with Crippen molar-refractivity contribution in [2.24, 2.45) is 17.8 Å². The minimum absolute atomic E-state index is 0. The molecule has 4 aliphatic rings. The van der Waals surface area contributed by atoms with Crippen LogP contribution in [0.15, 0.2) is 0 Å². The van der Waals surface area contributed by atoms with Gasteiger partial charge in [0, 0.05) is 0 Å². The lowest BCUT2D eigenvalue weighted by atomic mass is 9.54. The van der Waals surface area contributed by atoms with Crippen LogP contribution in [0, 0.1) is 17.8 Å². The first kappa shape index (κ1) is 17.0. The summed E-state index contributed by atoms with van der Waals surface area (Å²) >= 11 is 0. The van der Waals surface area contributed by atoms with Crippen LogP contribution in [-0.2, 0) is 4.74 Å². The first-order valence-corrected chi connectivity index (χ1v) is 7.96. The third kappa shape index (κ3) is 3.87. The number of aliphatic hydroxyl groups excluding tert-OH is 1. The van der Waals surface area contributed by atoms with Gasteiger partial charge in [0.1, 0.15) is 12.6 Å². The van der Waals surface area contributed by atoms with Gasteiger partial charge in [0.05, 0.1) is 33.4 Å². The van der Waals surface area contributed by atoms with E-state index in [1.807, 2.05) is 0 Å². The third-order valence-electron chi connectivity index (χ3n) is 5.32. The van der Waals surface area contributed by atoms with Gasteiger partial charge in [-0.3, -0.25) is 0 Å². The molecule has 20 heavy (non-hydrogen) atoms. The Labute approximate surface area is 140 Å². The average molecular weight is 395 g/mol. The summed E-state index contributed by atoms with van der Waals surface area (Å²) in [7, 11) is 6.36. The maximum atomic E-state index is 10.1. The summed E-state index contributed by atoms with van der Waals surface area (Å²) in [6, 6.07) is 0. The largest absolute Gasteiger partial charge is 1.00 e. The number of nitrogens with zero attached hydrogens (tertiary/aromatic N) is 1. The highest BCUT2D eigenvalue weighted by Gasteiger charge is 2.51. The van der Waals surface area contributed by atoms with Gasteiger partial charge in [0.15, 0.2) is 0 Å². The number of hydrogen-bond acceptors (Lipinski definition) is 2. The zero-order valence-electron chi connectivity index (χ0n) is 13.1. The van der Waals surface area contributed by atoms with Gasteiger partial charge >= 0.3 is 0 Å². The number of ether oxygens (including phenoxy) is 1. The van der Waals surface area contributed by atoms with Gasteiger partial charge in [-0.15, -0.1) is 0 Å². The van der Waals surface area contributed by atoms with Gasteiger partial charge in [0.2, 0.25) is 0 Å². The summed E-state index contributed by atoms with van der Waals surface area (Å²) < 4.78 is 7.09. The lowest BCUT2D eigenvalue weighted by molar-refractivity contribution is -0.873. The summed E-state index contributed by atoms with van der Waals surface area (Å²) in [6.07, 6.45) is 7.80. The number of rotatable bonds is 5. The number of quaternary nitrogens is 1. The molecule has 4 bridgehead atoms. The molecule has 0 radical (unpaired) electrons. The van der Waals surface area contributed by atoms with E-state index in [0.717, 1.165) is 28.8 Å². The monoisotopic (exact) mass is 395 g/mol. The Bertz CT molecular complexity index is 305. The molecule has 0 aromatic heterocycles. The Morgan fingerprint density at radius 2 is 1.50 bits per heavy atom. The van der Waals surface area contributed by atoms with Crippen LogP contribution >= 0.6 is 0 Å². The predicted molar refractivity (Wildman–Crippen MR) is 75.8 cm³/mol. The molecule has 4 heteroatoms. The molecule has 0 spiro atoms. The SMILES string of the molecule is C[N+](C)(C)CC(O)COC12CC3CC(CC(C3)C1)C2.[I-]. The van der Waals surface area contributed by atoms with Crippen molar-refractivity contribution in [1.29, 1.82) is 0 Å². The Morgan fingerprint density at radius 3 is 1.90 bits per heavy atom. The molecule has 4 fully saturated rings. The normalized spacial score (nSPS) is 40.5. The fourth-order valence-electron chi connectivity index (χ4n) is 5.17. The molecule has 0 aliphatic heterocycles. The fraction of sp³-hybridized carbons (Fsp3) is 1.00. The Kier molecular flexibility index (Phi) is 5.10. The molecule has 0 heterocycles. The number of halogens is 1. The van der Waals surface area contributed by atoms with Crippen LogP contribution in [0.3, 0.4) is 0 Å². The molecule has 118 valence electrons. The lowest BCUT2D eigenvalue weighted by Gasteiger charge is -2.56. The molecule has 4 saturated carbocycles. The molecule has 0 saturated heterocycles. The Morgan fingerprint density at radius 1 is 1.05 bits per heavy atom. The summed E-state index contributed by atoms with van der Waals surface area (Å²) in [6.45, 7) is 1.30. The van der Waals surface area contributed by atoms with E-state index >= 15 is 0 Å². The highest BCUT2D eigenvalue weighted by atomic mass is 127. The van der Waals surface area contributed by atoms with Gasteiger partial charge in [-0.2, -0.15) is 0 Å². The molecular formula is C16H30INO2. The van der Waals surface area contributed by atoms with Gasteiger partial charge in [-0.05, 0) is 56.3 Å². The maximum Gasteiger partial charge on any atom is 0.126 e. The van der Waals surface area contributed by atoms with Crippen molar-refractivity contribution in [2.75, 3.05) is 34.3 Å². The fourth-order valence-corrected chi connectivity index (χ4v) is 5.17. The van der Waals surface area contributed by atoms with Crippen LogP contribution in [-0.4, -0.2) is 55.6 Å². The molecule has 0 aromatic rings. The quantitative estimate of drug-likeness (QED) is 0.480. The van der Waals surface area contributed by atoms with Gasteiger partial charge in [-0.25, -0.2) is 0 Å². The smallest absolute Gasteiger partial charge is 0.126 e. The maximum absolute atomic E-state index is 10.1. The first-order valence-electron chi connectivity index (χ1n) is 7.96. The summed E-state index contributed by atoms with van der Waals surface area (Å²) in [5, 5.41) is 10.1. The van der Waals surface area contributed by atoms with Crippen molar-refractivity contribution in [1.82, 2.24) is 0 Å². The van der Waals surface area contributed by atoms with Crippen LogP contribution in [0.5, 0.6) is 0 Å². The van der Waals surface area contributed by atoms with E-state index in [9.17, 15) is 5.11 Å². The van der Waals surface area contributed by atoms with Crippen molar-refractivity contribution in [3.05, 3.63) is 0 Å². The molecule has 3 nitrogen and oxygen atoms in total. The van der Waals surface area contributed by atoms with Crippen molar-refractivity contribution in [2.45, 2.75) is 50.2 Å². The number of aliphatic hydroxyl groups is 1. The van der Waals surface area contributed by atoms with Crippen LogP contribution < -0.4 is 24.0 Å². The topological polar surface area (TPSA) is 29.5 Å². The summed E-state index contributed by atoms with van der Waals surface area (Å²) in [5.74, 6) is 2.75. The summed E-state index contributed by atoms with van der Waals surface area (Å²) in [5.41, 5.74) is 0.139. The molecule has 4 rings (SSSR count). The average Bonchev–Trinajstić information content (AvgIpc) is 2.22. The second-order valence-electron chi connectivity index (χ2n) is 8.54. The van der Waals surface area contributed by atoms with Crippen LogP contribution in [0.25, 0.3) is 0 Å². The number of likely N-dealkylation sites (N-methyl/N-ethyl adjacent to an activating group) is 1. The Balaban J connectivity index is 0.00000147. The Hall–Kier alpha value is 0.610. The number of hydrogen-bond donors (Lipinski definition) is 1. The second kappa shape index (κ2) is 6.01.